The lowest BCUT2D eigenvalue weighted by Gasteiger charge is -2.16. The Bertz CT molecular complexity index is 1030. The van der Waals surface area contributed by atoms with Crippen molar-refractivity contribution in [3.05, 3.63) is 53.1 Å². The minimum absolute atomic E-state index is 0.0976. The highest BCUT2D eigenvalue weighted by Gasteiger charge is 2.16. The van der Waals surface area contributed by atoms with E-state index in [1.54, 1.807) is 14.2 Å². The van der Waals surface area contributed by atoms with Crippen molar-refractivity contribution in [2.45, 2.75) is 174 Å². The SMILES string of the molecule is CCCCCCCCCCc1c(OC)cc(CCCCC)cc1OC(=O)CCCCCCCCCCCCc1ccc(OC)cc1. The molecular weight excluding hydrogens is 568 g/mol. The molecule has 2 aromatic rings. The van der Waals surface area contributed by atoms with Gasteiger partial charge in [-0.15, -0.1) is 0 Å². The Labute approximate surface area is 283 Å². The third-order valence-electron chi connectivity index (χ3n) is 9.28. The number of hydrogen-bond donors (Lipinski definition) is 0. The molecule has 0 aliphatic rings. The maximum atomic E-state index is 12.9. The molecule has 46 heavy (non-hydrogen) atoms. The lowest BCUT2D eigenvalue weighted by molar-refractivity contribution is -0.134. The average Bonchev–Trinajstić information content (AvgIpc) is 3.07. The van der Waals surface area contributed by atoms with Crippen molar-refractivity contribution in [3.8, 4) is 17.2 Å². The zero-order chi connectivity index (χ0) is 33.1. The summed E-state index contributed by atoms with van der Waals surface area (Å²) in [6.07, 6.45) is 29.7. The van der Waals surface area contributed by atoms with Crippen LogP contribution in [0.2, 0.25) is 0 Å². The second-order valence-electron chi connectivity index (χ2n) is 13.3. The van der Waals surface area contributed by atoms with Gasteiger partial charge in [0.2, 0.25) is 0 Å². The van der Waals surface area contributed by atoms with E-state index in [0.29, 0.717) is 6.42 Å². The Morgan fingerprint density at radius 3 is 1.52 bits per heavy atom. The van der Waals surface area contributed by atoms with Gasteiger partial charge in [0.15, 0.2) is 0 Å². The zero-order valence-corrected chi connectivity index (χ0v) is 30.3. The smallest absolute Gasteiger partial charge is 0.311 e. The molecule has 4 heteroatoms. The molecule has 260 valence electrons. The Kier molecular flexibility index (Phi) is 22.9. The molecule has 0 aliphatic carbocycles. The maximum Gasteiger partial charge on any atom is 0.311 e. The number of hydrogen-bond acceptors (Lipinski definition) is 4. The van der Waals surface area contributed by atoms with Crippen LogP contribution in [0.1, 0.15) is 172 Å². The summed E-state index contributed by atoms with van der Waals surface area (Å²) >= 11 is 0. The number of rotatable bonds is 29. The fourth-order valence-corrected chi connectivity index (χ4v) is 6.33. The first-order valence-corrected chi connectivity index (χ1v) is 19.1. The molecule has 4 nitrogen and oxygen atoms in total. The Morgan fingerprint density at radius 1 is 0.500 bits per heavy atom. The minimum Gasteiger partial charge on any atom is -0.497 e. The van der Waals surface area contributed by atoms with Gasteiger partial charge in [-0.3, -0.25) is 4.79 Å². The number of ether oxygens (including phenoxy) is 3. The van der Waals surface area contributed by atoms with Crippen LogP contribution in [0, 0.1) is 0 Å². The van der Waals surface area contributed by atoms with E-state index in [-0.39, 0.29) is 5.97 Å². The summed E-state index contributed by atoms with van der Waals surface area (Å²) in [4.78, 5) is 12.9. The van der Waals surface area contributed by atoms with Gasteiger partial charge in [0.1, 0.15) is 17.2 Å². The number of carbonyl (C=O) groups is 1. The van der Waals surface area contributed by atoms with Crippen molar-refractivity contribution in [3.63, 3.8) is 0 Å². The molecule has 2 rings (SSSR count). The number of benzene rings is 2. The second-order valence-corrected chi connectivity index (χ2v) is 13.3. The number of esters is 1. The van der Waals surface area contributed by atoms with Crippen LogP contribution in [0.25, 0.3) is 0 Å². The Balaban J connectivity index is 1.66. The normalized spacial score (nSPS) is 11.1. The fraction of sp³-hybridized carbons (Fsp3) is 0.690. The number of aryl methyl sites for hydroxylation is 2. The quantitative estimate of drug-likeness (QED) is 0.0506. The van der Waals surface area contributed by atoms with Crippen LogP contribution in [-0.4, -0.2) is 20.2 Å². The van der Waals surface area contributed by atoms with Gasteiger partial charge in [0.25, 0.3) is 0 Å². The second kappa shape index (κ2) is 26.6. The Hall–Kier alpha value is -2.49. The van der Waals surface area contributed by atoms with E-state index in [2.05, 4.69) is 50.2 Å². The van der Waals surface area contributed by atoms with E-state index in [1.807, 2.05) is 0 Å². The van der Waals surface area contributed by atoms with Crippen molar-refractivity contribution in [1.29, 1.82) is 0 Å². The first kappa shape index (κ1) is 39.7. The predicted octanol–water partition coefficient (Wildman–Crippen LogP) is 12.6. The van der Waals surface area contributed by atoms with Crippen LogP contribution in [0.4, 0.5) is 0 Å². The lowest BCUT2D eigenvalue weighted by atomic mass is 9.99. The van der Waals surface area contributed by atoms with E-state index in [1.165, 1.54) is 120 Å². The highest BCUT2D eigenvalue weighted by Crippen LogP contribution is 2.34. The third-order valence-corrected chi connectivity index (χ3v) is 9.28. The van der Waals surface area contributed by atoms with Gasteiger partial charge >= 0.3 is 5.97 Å². The summed E-state index contributed by atoms with van der Waals surface area (Å²) in [5.74, 6) is 2.46. The Morgan fingerprint density at radius 2 is 0.957 bits per heavy atom. The molecule has 0 bridgehead atoms. The summed E-state index contributed by atoms with van der Waals surface area (Å²) in [5.41, 5.74) is 3.69. The summed E-state index contributed by atoms with van der Waals surface area (Å²) in [6, 6.07) is 12.8. The van der Waals surface area contributed by atoms with Gasteiger partial charge in [-0.05, 0) is 80.3 Å². The number of methoxy groups -OCH3 is 2. The van der Waals surface area contributed by atoms with Gasteiger partial charge in [0.05, 0.1) is 14.2 Å². The van der Waals surface area contributed by atoms with Gasteiger partial charge in [-0.2, -0.15) is 0 Å². The minimum atomic E-state index is -0.0976. The molecule has 0 spiro atoms. The van der Waals surface area contributed by atoms with E-state index in [9.17, 15) is 4.79 Å². The molecule has 0 saturated heterocycles. The standard InChI is InChI=1S/C42H68O4/c1-5-7-9-10-11-17-20-24-28-39-40(45-4)34-37(27-22-8-6-2)35-41(39)46-42(43)29-25-21-18-15-13-12-14-16-19-23-26-36-30-32-38(44-3)33-31-36/h30-35H,5-29H2,1-4H3. The van der Waals surface area contributed by atoms with Crippen molar-refractivity contribution in [1.82, 2.24) is 0 Å². The van der Waals surface area contributed by atoms with Crippen LogP contribution >= 0.6 is 0 Å². The number of carbonyl (C=O) groups excluding carboxylic acids is 1. The van der Waals surface area contributed by atoms with Crippen LogP contribution in [0.5, 0.6) is 17.2 Å². The van der Waals surface area contributed by atoms with E-state index in [0.717, 1.165) is 67.8 Å². The molecular formula is C42H68O4. The van der Waals surface area contributed by atoms with Crippen molar-refractivity contribution >= 4 is 5.97 Å². The van der Waals surface area contributed by atoms with Crippen LogP contribution in [0.3, 0.4) is 0 Å². The largest absolute Gasteiger partial charge is 0.497 e. The van der Waals surface area contributed by atoms with E-state index < -0.39 is 0 Å². The highest BCUT2D eigenvalue weighted by atomic mass is 16.5. The zero-order valence-electron chi connectivity index (χ0n) is 30.3. The average molecular weight is 637 g/mol. The predicted molar refractivity (Wildman–Crippen MR) is 196 cm³/mol. The fourth-order valence-electron chi connectivity index (χ4n) is 6.33. The van der Waals surface area contributed by atoms with Crippen molar-refractivity contribution in [2.24, 2.45) is 0 Å². The maximum absolute atomic E-state index is 12.9. The molecule has 0 radical (unpaired) electrons. The molecule has 2 aromatic carbocycles. The van der Waals surface area contributed by atoms with Gasteiger partial charge < -0.3 is 14.2 Å². The van der Waals surface area contributed by atoms with E-state index >= 15 is 0 Å². The summed E-state index contributed by atoms with van der Waals surface area (Å²) < 4.78 is 17.1. The molecule has 0 unspecified atom stereocenters. The highest BCUT2D eigenvalue weighted by molar-refractivity contribution is 5.73. The van der Waals surface area contributed by atoms with Crippen LogP contribution in [0.15, 0.2) is 36.4 Å². The summed E-state index contributed by atoms with van der Waals surface area (Å²) in [7, 11) is 3.46. The monoisotopic (exact) mass is 637 g/mol. The molecule has 0 atom stereocenters. The molecule has 0 aromatic heterocycles. The molecule has 0 amide bonds. The summed E-state index contributed by atoms with van der Waals surface area (Å²) in [6.45, 7) is 4.50. The van der Waals surface area contributed by atoms with Crippen molar-refractivity contribution in [2.75, 3.05) is 14.2 Å². The van der Waals surface area contributed by atoms with Gasteiger partial charge in [0, 0.05) is 12.0 Å². The van der Waals surface area contributed by atoms with Crippen LogP contribution < -0.4 is 14.2 Å². The van der Waals surface area contributed by atoms with Gasteiger partial charge in [-0.1, -0.05) is 135 Å². The first-order valence-electron chi connectivity index (χ1n) is 19.1. The van der Waals surface area contributed by atoms with Crippen LogP contribution in [-0.2, 0) is 24.1 Å². The van der Waals surface area contributed by atoms with E-state index in [4.69, 9.17) is 14.2 Å². The van der Waals surface area contributed by atoms with Crippen molar-refractivity contribution < 1.29 is 19.0 Å². The topological polar surface area (TPSA) is 44.8 Å². The lowest BCUT2D eigenvalue weighted by Crippen LogP contribution is -2.10. The molecule has 0 fully saturated rings. The molecule has 0 aliphatic heterocycles. The third kappa shape index (κ3) is 18.0. The first-order chi connectivity index (χ1) is 22.6. The molecule has 0 saturated carbocycles. The molecule has 0 N–H and O–H groups in total. The molecule has 0 heterocycles. The summed E-state index contributed by atoms with van der Waals surface area (Å²) in [5, 5.41) is 0. The van der Waals surface area contributed by atoms with Gasteiger partial charge in [-0.25, -0.2) is 0 Å². The number of unbranched alkanes of at least 4 members (excludes halogenated alkanes) is 18.